The van der Waals surface area contributed by atoms with Crippen LogP contribution in [0.25, 0.3) is 0 Å². The van der Waals surface area contributed by atoms with Gasteiger partial charge in [0.05, 0.1) is 18.7 Å². The lowest BCUT2D eigenvalue weighted by atomic mass is 10.1. The quantitative estimate of drug-likeness (QED) is 0.774. The molecule has 2 aromatic rings. The highest BCUT2D eigenvalue weighted by atomic mass is 16.5. The summed E-state index contributed by atoms with van der Waals surface area (Å²) in [6.45, 7) is 9.42. The van der Waals surface area contributed by atoms with Gasteiger partial charge in [-0.05, 0) is 62.7 Å². The summed E-state index contributed by atoms with van der Waals surface area (Å²) in [4.78, 5) is 13.5. The molecule has 2 atom stereocenters. The Balaban J connectivity index is 1.53. The van der Waals surface area contributed by atoms with Gasteiger partial charge in [-0.25, -0.2) is 0 Å². The van der Waals surface area contributed by atoms with Crippen molar-refractivity contribution in [2.75, 3.05) is 18.0 Å². The highest BCUT2D eigenvalue weighted by molar-refractivity contribution is 5.73. The molecule has 5 heteroatoms. The van der Waals surface area contributed by atoms with E-state index >= 15 is 0 Å². The van der Waals surface area contributed by atoms with Crippen molar-refractivity contribution in [1.82, 2.24) is 5.32 Å². The van der Waals surface area contributed by atoms with E-state index in [1.165, 1.54) is 12.6 Å². The molecule has 1 amide bonds. The first-order valence-corrected chi connectivity index (χ1v) is 9.96. The Hall–Kier alpha value is -2.69. The van der Waals surface area contributed by atoms with Crippen molar-refractivity contribution in [3.8, 4) is 11.5 Å². The predicted molar refractivity (Wildman–Crippen MR) is 112 cm³/mol. The Morgan fingerprint density at radius 2 is 1.68 bits per heavy atom. The molecule has 1 saturated heterocycles. The third-order valence-corrected chi connectivity index (χ3v) is 4.82. The Kier molecular flexibility index (Phi) is 6.45. The minimum absolute atomic E-state index is 0.00355. The largest absolute Gasteiger partial charge is 0.491 e. The van der Waals surface area contributed by atoms with Crippen molar-refractivity contribution in [1.29, 1.82) is 0 Å². The van der Waals surface area contributed by atoms with Crippen LogP contribution in [-0.4, -0.2) is 31.2 Å². The Labute approximate surface area is 167 Å². The van der Waals surface area contributed by atoms with Crippen LogP contribution in [0.4, 0.5) is 5.69 Å². The lowest BCUT2D eigenvalue weighted by Crippen LogP contribution is -2.24. The van der Waals surface area contributed by atoms with Crippen LogP contribution in [0.2, 0.25) is 0 Å². The number of carbonyl (C=O) groups is 1. The fourth-order valence-electron chi connectivity index (χ4n) is 3.48. The number of nitrogens with one attached hydrogen (secondary N) is 1. The first kappa shape index (κ1) is 20.1. The van der Waals surface area contributed by atoms with Crippen LogP contribution in [0.15, 0.2) is 48.5 Å². The van der Waals surface area contributed by atoms with Crippen molar-refractivity contribution in [3.63, 3.8) is 0 Å². The predicted octanol–water partition coefficient (Wildman–Crippen LogP) is 4.33. The number of ether oxygens (including phenoxy) is 2. The molecule has 28 heavy (non-hydrogen) atoms. The number of anilines is 1. The van der Waals surface area contributed by atoms with Gasteiger partial charge >= 0.3 is 0 Å². The van der Waals surface area contributed by atoms with Crippen molar-refractivity contribution >= 4 is 11.6 Å². The van der Waals surface area contributed by atoms with Gasteiger partial charge in [0.1, 0.15) is 17.6 Å². The van der Waals surface area contributed by atoms with Gasteiger partial charge in [0, 0.05) is 25.6 Å². The second-order valence-electron chi connectivity index (χ2n) is 7.63. The topological polar surface area (TPSA) is 50.8 Å². The van der Waals surface area contributed by atoms with Crippen molar-refractivity contribution in [3.05, 3.63) is 54.1 Å². The van der Waals surface area contributed by atoms with Crippen LogP contribution in [0.1, 0.15) is 45.7 Å². The van der Waals surface area contributed by atoms with Gasteiger partial charge in [-0.2, -0.15) is 0 Å². The average Bonchev–Trinajstić information content (AvgIpc) is 3.10. The Morgan fingerprint density at radius 1 is 1.04 bits per heavy atom. The van der Waals surface area contributed by atoms with Gasteiger partial charge < -0.3 is 19.7 Å². The smallest absolute Gasteiger partial charge is 0.217 e. The molecule has 1 fully saturated rings. The standard InChI is InChI=1S/C23H30N2O3/c1-16(2)27-21-11-7-20(8-12-21)25-14-13-23(15-25)28-22-9-5-19(6-10-22)17(3)24-18(4)26/h5-12,16-17,23H,13-15H2,1-4H3,(H,24,26). The number of nitrogens with zero attached hydrogens (tertiary/aromatic N) is 1. The molecule has 1 heterocycles. The molecule has 2 aromatic carbocycles. The normalized spacial score (nSPS) is 17.5. The van der Waals surface area contributed by atoms with Crippen LogP contribution < -0.4 is 19.7 Å². The lowest BCUT2D eigenvalue weighted by molar-refractivity contribution is -0.119. The molecular weight excluding hydrogens is 352 g/mol. The van der Waals surface area contributed by atoms with Crippen molar-refractivity contribution in [2.24, 2.45) is 0 Å². The molecular formula is C23H30N2O3. The number of benzene rings is 2. The fraction of sp³-hybridized carbons (Fsp3) is 0.435. The van der Waals surface area contributed by atoms with Crippen LogP contribution in [0.5, 0.6) is 11.5 Å². The Morgan fingerprint density at radius 3 is 2.29 bits per heavy atom. The molecule has 0 radical (unpaired) electrons. The summed E-state index contributed by atoms with van der Waals surface area (Å²) >= 11 is 0. The number of amides is 1. The van der Waals surface area contributed by atoms with E-state index in [2.05, 4.69) is 22.3 Å². The number of hydrogen-bond donors (Lipinski definition) is 1. The van der Waals surface area contributed by atoms with Crippen molar-refractivity contribution < 1.29 is 14.3 Å². The summed E-state index contributed by atoms with van der Waals surface area (Å²) < 4.78 is 11.9. The van der Waals surface area contributed by atoms with E-state index in [1.54, 1.807) is 0 Å². The fourth-order valence-corrected chi connectivity index (χ4v) is 3.48. The molecule has 1 N–H and O–H groups in total. The zero-order valence-electron chi connectivity index (χ0n) is 17.1. The minimum Gasteiger partial charge on any atom is -0.491 e. The molecule has 0 spiro atoms. The molecule has 0 saturated carbocycles. The summed E-state index contributed by atoms with van der Waals surface area (Å²) in [5.41, 5.74) is 2.26. The molecule has 0 aromatic heterocycles. The van der Waals surface area contributed by atoms with E-state index in [9.17, 15) is 4.79 Å². The maximum atomic E-state index is 11.2. The number of rotatable bonds is 7. The SMILES string of the molecule is CC(=O)NC(C)c1ccc(OC2CCN(c3ccc(OC(C)C)cc3)C2)cc1. The second-order valence-corrected chi connectivity index (χ2v) is 7.63. The molecule has 3 rings (SSSR count). The summed E-state index contributed by atoms with van der Waals surface area (Å²) in [5, 5.41) is 2.89. The first-order chi connectivity index (χ1) is 13.4. The minimum atomic E-state index is -0.0253. The molecule has 1 aliphatic heterocycles. The number of carbonyl (C=O) groups excluding carboxylic acids is 1. The maximum absolute atomic E-state index is 11.2. The highest BCUT2D eigenvalue weighted by Gasteiger charge is 2.24. The van der Waals surface area contributed by atoms with Crippen LogP contribution >= 0.6 is 0 Å². The average molecular weight is 383 g/mol. The summed E-state index contributed by atoms with van der Waals surface area (Å²) in [5.74, 6) is 1.74. The van der Waals surface area contributed by atoms with Crippen LogP contribution in [0.3, 0.4) is 0 Å². The molecule has 0 bridgehead atoms. The third-order valence-electron chi connectivity index (χ3n) is 4.82. The van der Waals surface area contributed by atoms with E-state index in [1.807, 2.05) is 57.2 Å². The molecule has 5 nitrogen and oxygen atoms in total. The monoisotopic (exact) mass is 382 g/mol. The van der Waals surface area contributed by atoms with Gasteiger partial charge in [-0.15, -0.1) is 0 Å². The van der Waals surface area contributed by atoms with Gasteiger partial charge in [0.15, 0.2) is 0 Å². The van der Waals surface area contributed by atoms with Gasteiger partial charge in [-0.3, -0.25) is 4.79 Å². The summed E-state index contributed by atoms with van der Waals surface area (Å²) in [6, 6.07) is 16.2. The van der Waals surface area contributed by atoms with Crippen LogP contribution in [-0.2, 0) is 4.79 Å². The highest BCUT2D eigenvalue weighted by Crippen LogP contribution is 2.26. The zero-order valence-corrected chi connectivity index (χ0v) is 17.1. The van der Waals surface area contributed by atoms with Gasteiger partial charge in [0.25, 0.3) is 0 Å². The summed E-state index contributed by atoms with van der Waals surface area (Å²) in [7, 11) is 0. The zero-order chi connectivity index (χ0) is 20.1. The van der Waals surface area contributed by atoms with E-state index in [0.717, 1.165) is 36.6 Å². The van der Waals surface area contributed by atoms with Crippen LogP contribution in [0, 0.1) is 0 Å². The van der Waals surface area contributed by atoms with E-state index < -0.39 is 0 Å². The third kappa shape index (κ3) is 5.41. The lowest BCUT2D eigenvalue weighted by Gasteiger charge is -2.20. The van der Waals surface area contributed by atoms with E-state index in [4.69, 9.17) is 9.47 Å². The second kappa shape index (κ2) is 9.00. The van der Waals surface area contributed by atoms with Gasteiger partial charge in [0.2, 0.25) is 5.91 Å². The molecule has 150 valence electrons. The molecule has 1 aliphatic rings. The van der Waals surface area contributed by atoms with E-state index in [-0.39, 0.29) is 24.2 Å². The molecule has 2 unspecified atom stereocenters. The molecule has 0 aliphatic carbocycles. The van der Waals surface area contributed by atoms with E-state index in [0.29, 0.717) is 0 Å². The number of hydrogen-bond acceptors (Lipinski definition) is 4. The summed E-state index contributed by atoms with van der Waals surface area (Å²) in [6.07, 6.45) is 1.35. The van der Waals surface area contributed by atoms with Gasteiger partial charge in [-0.1, -0.05) is 12.1 Å². The first-order valence-electron chi connectivity index (χ1n) is 9.96. The maximum Gasteiger partial charge on any atom is 0.217 e. The van der Waals surface area contributed by atoms with Crippen molar-refractivity contribution in [2.45, 2.75) is 52.4 Å². The Bertz CT molecular complexity index is 771.